The van der Waals surface area contributed by atoms with Gasteiger partial charge in [0.15, 0.2) is 0 Å². The van der Waals surface area contributed by atoms with Crippen molar-refractivity contribution in [2.75, 3.05) is 5.33 Å². The van der Waals surface area contributed by atoms with Crippen molar-refractivity contribution in [1.29, 1.82) is 0 Å². The van der Waals surface area contributed by atoms with Crippen LogP contribution in [-0.2, 0) is 11.8 Å². The van der Waals surface area contributed by atoms with E-state index in [2.05, 4.69) is 93.4 Å². The SMILES string of the molecule is CCC(CBr)(Cc1cccc(Br)c1)c1ccccc1. The number of halogens is 2. The van der Waals surface area contributed by atoms with E-state index in [1.807, 2.05) is 0 Å². The van der Waals surface area contributed by atoms with Gasteiger partial charge in [0.25, 0.3) is 0 Å². The molecule has 0 aliphatic carbocycles. The van der Waals surface area contributed by atoms with Gasteiger partial charge in [-0.1, -0.05) is 81.2 Å². The Hall–Kier alpha value is -0.600. The first kappa shape index (κ1) is 14.8. The van der Waals surface area contributed by atoms with Gasteiger partial charge >= 0.3 is 0 Å². The quantitative estimate of drug-likeness (QED) is 0.579. The molecule has 0 saturated heterocycles. The van der Waals surface area contributed by atoms with E-state index in [9.17, 15) is 0 Å². The summed E-state index contributed by atoms with van der Waals surface area (Å²) in [6, 6.07) is 19.4. The molecule has 0 radical (unpaired) electrons. The van der Waals surface area contributed by atoms with Crippen LogP contribution in [0, 0.1) is 0 Å². The summed E-state index contributed by atoms with van der Waals surface area (Å²) in [5.41, 5.74) is 2.95. The summed E-state index contributed by atoms with van der Waals surface area (Å²) in [7, 11) is 0. The molecule has 19 heavy (non-hydrogen) atoms. The molecule has 2 aromatic carbocycles. The lowest BCUT2D eigenvalue weighted by atomic mass is 9.75. The van der Waals surface area contributed by atoms with Gasteiger partial charge in [0.2, 0.25) is 0 Å². The molecule has 2 heteroatoms. The zero-order valence-corrected chi connectivity index (χ0v) is 14.2. The second kappa shape index (κ2) is 6.71. The highest BCUT2D eigenvalue weighted by molar-refractivity contribution is 9.10. The van der Waals surface area contributed by atoms with E-state index in [1.54, 1.807) is 0 Å². The summed E-state index contributed by atoms with van der Waals surface area (Å²) in [5.74, 6) is 0. The zero-order chi connectivity index (χ0) is 13.7. The van der Waals surface area contributed by atoms with Crippen LogP contribution in [0.3, 0.4) is 0 Å². The molecular weight excluding hydrogens is 364 g/mol. The summed E-state index contributed by atoms with van der Waals surface area (Å²) in [5, 5.41) is 0.979. The van der Waals surface area contributed by atoms with Crippen LogP contribution in [0.5, 0.6) is 0 Å². The van der Waals surface area contributed by atoms with Gasteiger partial charge in [0.1, 0.15) is 0 Å². The number of hydrogen-bond donors (Lipinski definition) is 0. The number of rotatable bonds is 5. The van der Waals surface area contributed by atoms with Crippen LogP contribution >= 0.6 is 31.9 Å². The zero-order valence-electron chi connectivity index (χ0n) is 11.1. The van der Waals surface area contributed by atoms with Crippen LogP contribution in [0.15, 0.2) is 59.1 Å². The van der Waals surface area contributed by atoms with Gasteiger partial charge < -0.3 is 0 Å². The van der Waals surface area contributed by atoms with Crippen molar-refractivity contribution in [2.24, 2.45) is 0 Å². The van der Waals surface area contributed by atoms with Crippen LogP contribution in [0.1, 0.15) is 24.5 Å². The van der Waals surface area contributed by atoms with Crippen LogP contribution in [0.25, 0.3) is 0 Å². The molecule has 2 aromatic rings. The maximum Gasteiger partial charge on any atom is 0.0178 e. The fourth-order valence-electron chi connectivity index (χ4n) is 2.48. The van der Waals surface area contributed by atoms with Crippen molar-refractivity contribution in [2.45, 2.75) is 25.2 Å². The maximum absolute atomic E-state index is 3.73. The van der Waals surface area contributed by atoms with Crippen LogP contribution in [0.4, 0.5) is 0 Å². The van der Waals surface area contributed by atoms with Crippen molar-refractivity contribution in [3.8, 4) is 0 Å². The minimum atomic E-state index is 0.169. The topological polar surface area (TPSA) is 0 Å². The fourth-order valence-corrected chi connectivity index (χ4v) is 3.84. The molecule has 0 aromatic heterocycles. The van der Waals surface area contributed by atoms with Gasteiger partial charge in [0, 0.05) is 15.2 Å². The Bertz CT molecular complexity index is 516. The molecule has 0 spiro atoms. The van der Waals surface area contributed by atoms with Crippen LogP contribution < -0.4 is 0 Å². The molecule has 0 heterocycles. The van der Waals surface area contributed by atoms with Gasteiger partial charge in [-0.2, -0.15) is 0 Å². The Morgan fingerprint density at radius 2 is 1.74 bits per heavy atom. The number of alkyl halides is 1. The summed E-state index contributed by atoms with van der Waals surface area (Å²) in [6.07, 6.45) is 2.17. The van der Waals surface area contributed by atoms with E-state index in [1.165, 1.54) is 11.1 Å². The van der Waals surface area contributed by atoms with Crippen molar-refractivity contribution in [3.05, 3.63) is 70.2 Å². The summed E-state index contributed by atoms with van der Waals surface area (Å²) >= 11 is 7.29. The molecule has 0 aliphatic rings. The van der Waals surface area contributed by atoms with Crippen molar-refractivity contribution >= 4 is 31.9 Å². The summed E-state index contributed by atoms with van der Waals surface area (Å²) in [6.45, 7) is 2.27. The number of benzene rings is 2. The smallest absolute Gasteiger partial charge is 0.0178 e. The monoisotopic (exact) mass is 380 g/mol. The summed E-state index contributed by atoms with van der Waals surface area (Å²) < 4.78 is 1.15. The predicted octanol–water partition coefficient (Wildman–Crippen LogP) is 5.73. The minimum absolute atomic E-state index is 0.169. The van der Waals surface area contributed by atoms with Gasteiger partial charge in [-0.15, -0.1) is 0 Å². The third kappa shape index (κ3) is 3.49. The maximum atomic E-state index is 3.73. The Kier molecular flexibility index (Phi) is 5.23. The lowest BCUT2D eigenvalue weighted by Crippen LogP contribution is -2.30. The third-order valence-electron chi connectivity index (χ3n) is 3.75. The minimum Gasteiger partial charge on any atom is -0.0918 e. The lowest BCUT2D eigenvalue weighted by Gasteiger charge is -2.32. The molecule has 1 unspecified atom stereocenters. The van der Waals surface area contributed by atoms with Crippen LogP contribution in [0.2, 0.25) is 0 Å². The van der Waals surface area contributed by atoms with Gasteiger partial charge in [-0.25, -0.2) is 0 Å². The molecule has 0 nitrogen and oxygen atoms in total. The average molecular weight is 382 g/mol. The van der Waals surface area contributed by atoms with Crippen LogP contribution in [-0.4, -0.2) is 5.33 Å². The molecule has 0 saturated carbocycles. The molecule has 0 N–H and O–H groups in total. The molecule has 0 amide bonds. The van der Waals surface area contributed by atoms with Gasteiger partial charge in [-0.3, -0.25) is 0 Å². The second-order valence-electron chi connectivity index (χ2n) is 4.94. The van der Waals surface area contributed by atoms with E-state index in [0.717, 1.165) is 22.6 Å². The van der Waals surface area contributed by atoms with Gasteiger partial charge in [-0.05, 0) is 36.1 Å². The molecule has 100 valence electrons. The number of hydrogen-bond acceptors (Lipinski definition) is 0. The van der Waals surface area contributed by atoms with Crippen molar-refractivity contribution < 1.29 is 0 Å². The van der Waals surface area contributed by atoms with E-state index < -0.39 is 0 Å². The molecule has 1 atom stereocenters. The Morgan fingerprint density at radius 3 is 2.32 bits per heavy atom. The third-order valence-corrected chi connectivity index (χ3v) is 5.32. The van der Waals surface area contributed by atoms with E-state index in [4.69, 9.17) is 0 Å². The fraction of sp³-hybridized carbons (Fsp3) is 0.294. The lowest BCUT2D eigenvalue weighted by molar-refractivity contribution is 0.464. The largest absolute Gasteiger partial charge is 0.0918 e. The first-order valence-electron chi connectivity index (χ1n) is 6.56. The van der Waals surface area contributed by atoms with E-state index >= 15 is 0 Å². The standard InChI is InChI=1S/C17H18Br2/c1-2-17(13-18,15-8-4-3-5-9-15)12-14-7-6-10-16(19)11-14/h3-11H,2,12-13H2,1H3. The van der Waals surface area contributed by atoms with Crippen molar-refractivity contribution in [1.82, 2.24) is 0 Å². The highest BCUT2D eigenvalue weighted by Gasteiger charge is 2.29. The average Bonchev–Trinajstić information content (AvgIpc) is 2.46. The predicted molar refractivity (Wildman–Crippen MR) is 90.1 cm³/mol. The Morgan fingerprint density at radius 1 is 1.00 bits per heavy atom. The molecule has 0 fully saturated rings. The van der Waals surface area contributed by atoms with Gasteiger partial charge in [0.05, 0.1) is 0 Å². The van der Waals surface area contributed by atoms with E-state index in [-0.39, 0.29) is 5.41 Å². The highest BCUT2D eigenvalue weighted by Crippen LogP contribution is 2.34. The van der Waals surface area contributed by atoms with E-state index in [0.29, 0.717) is 0 Å². The summed E-state index contributed by atoms with van der Waals surface area (Å²) in [4.78, 5) is 0. The Labute approximate surface area is 132 Å². The normalized spacial score (nSPS) is 14.1. The first-order valence-corrected chi connectivity index (χ1v) is 8.47. The molecular formula is C17H18Br2. The second-order valence-corrected chi connectivity index (χ2v) is 6.42. The highest BCUT2D eigenvalue weighted by atomic mass is 79.9. The Balaban J connectivity index is 2.35. The van der Waals surface area contributed by atoms with Crippen molar-refractivity contribution in [3.63, 3.8) is 0 Å². The molecule has 2 rings (SSSR count). The molecule has 0 aliphatic heterocycles. The first-order chi connectivity index (χ1) is 9.20. The molecule has 0 bridgehead atoms.